The van der Waals surface area contributed by atoms with Crippen LogP contribution in [-0.2, 0) is 11.2 Å². The Morgan fingerprint density at radius 3 is 2.45 bits per heavy atom. The summed E-state index contributed by atoms with van der Waals surface area (Å²) in [5.41, 5.74) is 3.68. The van der Waals surface area contributed by atoms with Gasteiger partial charge in [0.25, 0.3) is 5.91 Å². The summed E-state index contributed by atoms with van der Waals surface area (Å²) >= 11 is 0. The van der Waals surface area contributed by atoms with Gasteiger partial charge in [-0.1, -0.05) is 25.5 Å². The molecule has 0 N–H and O–H groups in total. The predicted molar refractivity (Wildman–Crippen MR) is 120 cm³/mol. The minimum atomic E-state index is -0.501. The van der Waals surface area contributed by atoms with E-state index in [1.54, 1.807) is 0 Å². The summed E-state index contributed by atoms with van der Waals surface area (Å²) in [7, 11) is 0. The van der Waals surface area contributed by atoms with Crippen LogP contribution in [0, 0.1) is 13.8 Å². The Morgan fingerprint density at radius 2 is 1.77 bits per heavy atom. The molecule has 4 rings (SSSR count). The summed E-state index contributed by atoms with van der Waals surface area (Å²) in [5.74, 6) is 1.51. The zero-order valence-electron chi connectivity index (χ0n) is 18.7. The van der Waals surface area contributed by atoms with Gasteiger partial charge in [-0.25, -0.2) is 0 Å². The summed E-state index contributed by atoms with van der Waals surface area (Å²) in [4.78, 5) is 27.3. The topological polar surface area (TPSA) is 55.8 Å². The Morgan fingerprint density at radius 1 is 1.10 bits per heavy atom. The van der Waals surface area contributed by atoms with Crippen molar-refractivity contribution >= 4 is 11.7 Å². The second-order valence-electron chi connectivity index (χ2n) is 8.88. The average Bonchev–Trinajstić information content (AvgIpc) is 2.75. The van der Waals surface area contributed by atoms with Crippen LogP contribution >= 0.6 is 0 Å². The molecule has 1 amide bonds. The van der Waals surface area contributed by atoms with E-state index in [0.29, 0.717) is 49.4 Å². The van der Waals surface area contributed by atoms with Gasteiger partial charge in [-0.2, -0.15) is 0 Å². The van der Waals surface area contributed by atoms with E-state index in [-0.39, 0.29) is 18.3 Å². The quantitative estimate of drug-likeness (QED) is 0.705. The maximum Gasteiger partial charge on any atom is 0.260 e. The largest absolute Gasteiger partial charge is 0.486 e. The summed E-state index contributed by atoms with van der Waals surface area (Å²) < 4.78 is 12.1. The molecule has 31 heavy (non-hydrogen) atoms. The lowest BCUT2D eigenvalue weighted by molar-refractivity contribution is -0.136. The van der Waals surface area contributed by atoms with Crippen LogP contribution < -0.4 is 9.47 Å². The number of aryl methyl sites for hydroxylation is 3. The SMILES string of the molecule is CCCc1ccc(OCC(=O)N2CCC3(CC2)CC(=O)c2cc(C)c(C)cc2O3)cc1. The second-order valence-corrected chi connectivity index (χ2v) is 8.88. The molecule has 0 saturated carbocycles. The molecule has 2 aromatic carbocycles. The van der Waals surface area contributed by atoms with Gasteiger partial charge in [-0.05, 0) is 61.2 Å². The lowest BCUT2D eigenvalue weighted by atomic mass is 9.82. The number of likely N-dealkylation sites (tertiary alicyclic amines) is 1. The molecule has 0 bridgehead atoms. The fourth-order valence-electron chi connectivity index (χ4n) is 4.47. The number of nitrogens with zero attached hydrogens (tertiary/aromatic N) is 1. The first kappa shape index (κ1) is 21.4. The van der Waals surface area contributed by atoms with Crippen molar-refractivity contribution < 1.29 is 19.1 Å². The minimum absolute atomic E-state index is 0.0264. The molecule has 0 radical (unpaired) electrons. The molecule has 2 aliphatic rings. The maximum absolute atomic E-state index is 12.8. The molecule has 2 aromatic rings. The van der Waals surface area contributed by atoms with Crippen LogP contribution in [0.5, 0.6) is 11.5 Å². The Bertz CT molecular complexity index is 972. The van der Waals surface area contributed by atoms with E-state index in [4.69, 9.17) is 9.47 Å². The molecule has 0 aromatic heterocycles. The number of carbonyl (C=O) groups excluding carboxylic acids is 2. The van der Waals surface area contributed by atoms with Crippen LogP contribution in [0.15, 0.2) is 36.4 Å². The molecule has 0 unspecified atom stereocenters. The van der Waals surface area contributed by atoms with E-state index < -0.39 is 5.60 Å². The molecule has 2 heterocycles. The number of ether oxygens (including phenoxy) is 2. The number of amides is 1. The van der Waals surface area contributed by atoms with Gasteiger partial charge in [-0.15, -0.1) is 0 Å². The summed E-state index contributed by atoms with van der Waals surface area (Å²) in [6.45, 7) is 7.38. The molecule has 1 saturated heterocycles. The number of fused-ring (bicyclic) bond motifs is 1. The Kier molecular flexibility index (Phi) is 6.03. The Balaban J connectivity index is 1.33. The van der Waals surface area contributed by atoms with Crippen molar-refractivity contribution in [2.75, 3.05) is 19.7 Å². The molecular weight excluding hydrogens is 390 g/mol. The molecule has 0 atom stereocenters. The number of hydrogen-bond donors (Lipinski definition) is 0. The van der Waals surface area contributed by atoms with Crippen LogP contribution in [0.1, 0.15) is 59.7 Å². The van der Waals surface area contributed by atoms with Gasteiger partial charge in [0.05, 0.1) is 12.0 Å². The molecule has 2 aliphatic heterocycles. The van der Waals surface area contributed by atoms with Crippen LogP contribution in [0.2, 0.25) is 0 Å². The lowest BCUT2D eigenvalue weighted by Crippen LogP contribution is -2.53. The highest BCUT2D eigenvalue weighted by Gasteiger charge is 2.43. The monoisotopic (exact) mass is 421 g/mol. The Labute approximate surface area is 184 Å². The smallest absolute Gasteiger partial charge is 0.260 e. The molecule has 5 heteroatoms. The molecule has 0 aliphatic carbocycles. The van der Waals surface area contributed by atoms with Crippen LogP contribution in [0.25, 0.3) is 0 Å². The van der Waals surface area contributed by atoms with Crippen molar-refractivity contribution in [3.63, 3.8) is 0 Å². The zero-order chi connectivity index (χ0) is 22.0. The fourth-order valence-corrected chi connectivity index (χ4v) is 4.47. The average molecular weight is 422 g/mol. The number of rotatable bonds is 5. The van der Waals surface area contributed by atoms with Gasteiger partial charge >= 0.3 is 0 Å². The Hall–Kier alpha value is -2.82. The zero-order valence-corrected chi connectivity index (χ0v) is 18.7. The van der Waals surface area contributed by atoms with E-state index in [2.05, 4.69) is 6.92 Å². The van der Waals surface area contributed by atoms with E-state index >= 15 is 0 Å². The van der Waals surface area contributed by atoms with Crippen LogP contribution in [0.4, 0.5) is 0 Å². The summed E-state index contributed by atoms with van der Waals surface area (Å²) in [6.07, 6.45) is 3.84. The normalized spacial score (nSPS) is 17.3. The highest BCUT2D eigenvalue weighted by molar-refractivity contribution is 6.00. The molecule has 1 fully saturated rings. The van der Waals surface area contributed by atoms with E-state index in [1.807, 2.05) is 55.1 Å². The first-order valence-corrected chi connectivity index (χ1v) is 11.2. The van der Waals surface area contributed by atoms with Gasteiger partial charge in [0.2, 0.25) is 0 Å². The third-order valence-corrected chi connectivity index (χ3v) is 6.56. The maximum atomic E-state index is 12.8. The predicted octanol–water partition coefficient (Wildman–Crippen LogP) is 4.66. The van der Waals surface area contributed by atoms with Crippen molar-refractivity contribution in [1.29, 1.82) is 0 Å². The highest BCUT2D eigenvalue weighted by atomic mass is 16.5. The first-order chi connectivity index (χ1) is 14.9. The third-order valence-electron chi connectivity index (χ3n) is 6.56. The molecule has 1 spiro atoms. The van der Waals surface area contributed by atoms with Gasteiger partial charge < -0.3 is 14.4 Å². The summed E-state index contributed by atoms with van der Waals surface area (Å²) in [6, 6.07) is 11.8. The van der Waals surface area contributed by atoms with Crippen LogP contribution in [-0.4, -0.2) is 41.9 Å². The van der Waals surface area contributed by atoms with E-state index in [1.165, 1.54) is 5.56 Å². The molecule has 164 valence electrons. The van der Waals surface area contributed by atoms with Crippen molar-refractivity contribution in [3.05, 3.63) is 58.7 Å². The van der Waals surface area contributed by atoms with Gasteiger partial charge in [0.1, 0.15) is 17.1 Å². The lowest BCUT2D eigenvalue weighted by Gasteiger charge is -2.44. The summed E-state index contributed by atoms with van der Waals surface area (Å²) in [5, 5.41) is 0. The first-order valence-electron chi connectivity index (χ1n) is 11.2. The van der Waals surface area contributed by atoms with Gasteiger partial charge in [-0.3, -0.25) is 9.59 Å². The number of carbonyl (C=O) groups is 2. The number of hydrogen-bond acceptors (Lipinski definition) is 4. The van der Waals surface area contributed by atoms with Gasteiger partial charge in [0.15, 0.2) is 12.4 Å². The minimum Gasteiger partial charge on any atom is -0.486 e. The number of Topliss-reactive ketones (excluding diaryl/α,β-unsaturated/α-hetero) is 1. The third kappa shape index (κ3) is 4.60. The van der Waals surface area contributed by atoms with E-state index in [9.17, 15) is 9.59 Å². The number of piperidine rings is 1. The van der Waals surface area contributed by atoms with E-state index in [0.717, 1.165) is 24.0 Å². The molecule has 5 nitrogen and oxygen atoms in total. The van der Waals surface area contributed by atoms with Crippen LogP contribution in [0.3, 0.4) is 0 Å². The number of benzene rings is 2. The van der Waals surface area contributed by atoms with Crippen molar-refractivity contribution in [2.45, 2.75) is 58.5 Å². The van der Waals surface area contributed by atoms with Crippen molar-refractivity contribution in [1.82, 2.24) is 4.90 Å². The second kappa shape index (κ2) is 8.74. The number of ketones is 1. The van der Waals surface area contributed by atoms with Gasteiger partial charge in [0, 0.05) is 25.9 Å². The van der Waals surface area contributed by atoms with Crippen molar-refractivity contribution in [2.24, 2.45) is 0 Å². The van der Waals surface area contributed by atoms with Crippen molar-refractivity contribution in [3.8, 4) is 11.5 Å². The standard InChI is InChI=1S/C26H31NO4/c1-4-5-20-6-8-21(9-7-20)30-17-25(29)27-12-10-26(11-13-27)16-23(28)22-14-18(2)19(3)15-24(22)31-26/h6-9,14-15H,4-5,10-13,16-17H2,1-3H3. The molecular formula is C26H31NO4. The fraction of sp³-hybridized carbons (Fsp3) is 0.462. The highest BCUT2D eigenvalue weighted by Crippen LogP contribution is 2.40.